The molecule has 0 N–H and O–H groups in total. The summed E-state index contributed by atoms with van der Waals surface area (Å²) in [7, 11) is 0. The summed E-state index contributed by atoms with van der Waals surface area (Å²) in [5.41, 5.74) is 0. The van der Waals surface area contributed by atoms with Crippen molar-refractivity contribution >= 4 is 31.4 Å². The van der Waals surface area contributed by atoms with Crippen LogP contribution in [0, 0.1) is 0 Å². The summed E-state index contributed by atoms with van der Waals surface area (Å²) in [6.07, 6.45) is 0. The van der Waals surface area contributed by atoms with Crippen molar-refractivity contribution in [1.29, 1.82) is 0 Å². The van der Waals surface area contributed by atoms with Crippen LogP contribution in [0.15, 0.2) is 45.6 Å². The first kappa shape index (κ1) is 10.6. The van der Waals surface area contributed by atoms with E-state index in [1.165, 1.54) is 4.90 Å². The summed E-state index contributed by atoms with van der Waals surface area (Å²) >= 11 is 1.66. The van der Waals surface area contributed by atoms with Gasteiger partial charge in [-0.1, -0.05) is 0 Å². The van der Waals surface area contributed by atoms with Gasteiger partial charge in [0.15, 0.2) is 0 Å². The van der Waals surface area contributed by atoms with Gasteiger partial charge >= 0.3 is 88.7 Å². The molecular weight excluding hydrogens is 247 g/mol. The predicted octanol–water partition coefficient (Wildman–Crippen LogP) is 2.50. The topological polar surface area (TPSA) is 17.1 Å². The van der Waals surface area contributed by atoms with Crippen LogP contribution in [0.4, 0.5) is 0 Å². The summed E-state index contributed by atoms with van der Waals surface area (Å²) in [5.74, 6) is 0. The molecule has 1 aromatic carbocycles. The van der Waals surface area contributed by atoms with Crippen molar-refractivity contribution in [3.8, 4) is 0 Å². The van der Waals surface area contributed by atoms with E-state index in [9.17, 15) is 4.79 Å². The number of rotatable bonds is 4. The molecule has 13 heavy (non-hydrogen) atoms. The van der Waals surface area contributed by atoms with Gasteiger partial charge in [0.2, 0.25) is 0 Å². The van der Waals surface area contributed by atoms with Gasteiger partial charge in [0, 0.05) is 0 Å². The average Bonchev–Trinajstić information content (AvgIpc) is 2.14. The summed E-state index contributed by atoms with van der Waals surface area (Å²) in [6.45, 7) is 1.62. The first-order valence-corrected chi connectivity index (χ1v) is 6.55. The van der Waals surface area contributed by atoms with Crippen LogP contribution in [-0.4, -0.2) is 19.6 Å². The van der Waals surface area contributed by atoms with Gasteiger partial charge in [0.25, 0.3) is 0 Å². The van der Waals surface area contributed by atoms with Crippen LogP contribution in [0.2, 0.25) is 0 Å². The second-order valence-corrected chi connectivity index (χ2v) is 5.56. The van der Waals surface area contributed by atoms with Crippen molar-refractivity contribution in [1.82, 2.24) is 0 Å². The van der Waals surface area contributed by atoms with Crippen LogP contribution in [0.5, 0.6) is 0 Å². The van der Waals surface area contributed by atoms with Gasteiger partial charge in [-0.3, -0.25) is 0 Å². The Kier molecular flexibility index (Phi) is 4.91. The molecule has 0 spiro atoms. The first-order chi connectivity index (χ1) is 6.29. The molecule has 0 bridgehead atoms. The zero-order valence-corrected chi connectivity index (χ0v) is 9.80. The Labute approximate surface area is 88.8 Å². The van der Waals surface area contributed by atoms with E-state index in [2.05, 4.69) is 12.1 Å². The molecule has 0 fully saturated rings. The van der Waals surface area contributed by atoms with E-state index < -0.39 is 0 Å². The van der Waals surface area contributed by atoms with E-state index in [0.717, 1.165) is 0 Å². The Morgan fingerprint density at radius 2 is 2.08 bits per heavy atom. The van der Waals surface area contributed by atoms with E-state index in [1.807, 2.05) is 28.6 Å². The van der Waals surface area contributed by atoms with Crippen molar-refractivity contribution in [3.05, 3.63) is 40.7 Å². The molecule has 3 heteroatoms. The van der Waals surface area contributed by atoms with Crippen LogP contribution in [0.1, 0.15) is 6.92 Å². The van der Waals surface area contributed by atoms with Gasteiger partial charge in [0.1, 0.15) is 0 Å². The maximum atomic E-state index is 10.6. The number of thioether (sulfide) groups is 1. The Morgan fingerprint density at radius 3 is 2.69 bits per heavy atom. The van der Waals surface area contributed by atoms with Gasteiger partial charge in [-0.25, -0.2) is 0 Å². The number of carbonyl (C=O) groups excluding carboxylic acids is 1. The summed E-state index contributed by atoms with van der Waals surface area (Å²) in [5, 5.41) is 1.98. The van der Waals surface area contributed by atoms with Crippen LogP contribution in [-0.2, 0) is 4.79 Å². The molecule has 0 unspecified atom stereocenters. The molecule has 68 valence electrons. The fourth-order valence-corrected chi connectivity index (χ4v) is 2.41. The standard InChI is InChI=1S/C10H10OSSe/c1-9(11)13-8-7-12-10-5-3-2-4-6-10/h2-8H,1H3/b8-7-. The Morgan fingerprint density at radius 1 is 1.38 bits per heavy atom. The van der Waals surface area contributed by atoms with Crippen molar-refractivity contribution in [2.45, 2.75) is 11.8 Å². The molecule has 0 amide bonds. The molecule has 0 aliphatic rings. The van der Waals surface area contributed by atoms with Gasteiger partial charge in [-0.05, 0) is 0 Å². The van der Waals surface area contributed by atoms with Crippen LogP contribution in [0.25, 0.3) is 0 Å². The van der Waals surface area contributed by atoms with Crippen LogP contribution < -0.4 is 0 Å². The van der Waals surface area contributed by atoms with Gasteiger partial charge in [0.05, 0.1) is 0 Å². The monoisotopic (exact) mass is 258 g/mol. The number of hydrogen-bond acceptors (Lipinski definition) is 2. The summed E-state index contributed by atoms with van der Waals surface area (Å²) in [4.78, 5) is 13.8. The summed E-state index contributed by atoms with van der Waals surface area (Å²) < 4.78 is 0.261. The van der Waals surface area contributed by atoms with Gasteiger partial charge in [-0.2, -0.15) is 0 Å². The van der Waals surface area contributed by atoms with Crippen molar-refractivity contribution < 1.29 is 4.79 Å². The number of benzene rings is 1. The van der Waals surface area contributed by atoms with E-state index in [4.69, 9.17) is 0 Å². The molecule has 0 aliphatic heterocycles. The van der Waals surface area contributed by atoms with Gasteiger partial charge < -0.3 is 0 Å². The number of carbonyl (C=O) groups is 1. The minimum absolute atomic E-state index is 0.0157. The third-order valence-electron chi connectivity index (χ3n) is 1.24. The van der Waals surface area contributed by atoms with Crippen molar-refractivity contribution in [2.75, 3.05) is 0 Å². The fourth-order valence-electron chi connectivity index (χ4n) is 0.729. The Bertz CT molecular complexity index is 295. The Hall–Kier alpha value is -0.501. The fraction of sp³-hybridized carbons (Fsp3) is 0.100. The SMILES string of the molecule is CC(=O)[Se]/C=C\Sc1ccccc1. The molecule has 1 nitrogen and oxygen atoms in total. The second-order valence-electron chi connectivity index (χ2n) is 2.31. The second kappa shape index (κ2) is 6.03. The van der Waals surface area contributed by atoms with Gasteiger partial charge in [-0.15, -0.1) is 0 Å². The molecule has 0 saturated carbocycles. The van der Waals surface area contributed by atoms with E-state index >= 15 is 0 Å². The first-order valence-electron chi connectivity index (χ1n) is 3.83. The Balaban J connectivity index is 2.35. The van der Waals surface area contributed by atoms with Crippen LogP contribution in [0.3, 0.4) is 0 Å². The zero-order valence-electron chi connectivity index (χ0n) is 7.27. The molecule has 0 aliphatic carbocycles. The molecule has 1 aromatic rings. The molecule has 0 atom stereocenters. The van der Waals surface area contributed by atoms with E-state index in [0.29, 0.717) is 0 Å². The maximum absolute atomic E-state index is 10.6. The predicted molar refractivity (Wildman–Crippen MR) is 57.9 cm³/mol. The van der Waals surface area contributed by atoms with Crippen molar-refractivity contribution in [2.24, 2.45) is 0 Å². The summed E-state index contributed by atoms with van der Waals surface area (Å²) in [6, 6.07) is 10.1. The third kappa shape index (κ3) is 4.94. The minimum atomic E-state index is 0.0157. The van der Waals surface area contributed by atoms with E-state index in [1.54, 1.807) is 18.7 Å². The molecule has 0 saturated heterocycles. The molecule has 0 radical (unpaired) electrons. The van der Waals surface area contributed by atoms with E-state index in [-0.39, 0.29) is 19.6 Å². The zero-order chi connectivity index (χ0) is 9.52. The quantitative estimate of drug-likeness (QED) is 0.609. The molecule has 0 heterocycles. The normalized spacial score (nSPS) is 10.5. The third-order valence-corrected chi connectivity index (χ3v) is 3.71. The molecule has 1 rings (SSSR count). The van der Waals surface area contributed by atoms with Crippen molar-refractivity contribution in [3.63, 3.8) is 0 Å². The number of hydrogen-bond donors (Lipinski definition) is 0. The molecular formula is C10H10OSSe. The average molecular weight is 257 g/mol. The molecule has 0 aromatic heterocycles. The van der Waals surface area contributed by atoms with Crippen LogP contribution >= 0.6 is 11.8 Å².